The zero-order valence-corrected chi connectivity index (χ0v) is 14.6. The van der Waals surface area contributed by atoms with Gasteiger partial charge in [-0.15, -0.1) is 0 Å². The van der Waals surface area contributed by atoms with Gasteiger partial charge in [-0.2, -0.15) is 0 Å². The normalized spacial score (nSPS) is 14.0. The molecule has 134 valence electrons. The first-order valence-electron chi connectivity index (χ1n) is 8.67. The number of hydrogen-bond acceptors (Lipinski definition) is 7. The van der Waals surface area contributed by atoms with Crippen LogP contribution in [0.15, 0.2) is 40.8 Å². The topological polar surface area (TPSA) is 80.5 Å². The van der Waals surface area contributed by atoms with Crippen LogP contribution in [0.5, 0.6) is 0 Å². The van der Waals surface area contributed by atoms with E-state index in [9.17, 15) is 4.79 Å². The van der Waals surface area contributed by atoms with Crippen molar-refractivity contribution >= 4 is 28.6 Å². The summed E-state index contributed by atoms with van der Waals surface area (Å²) in [6.45, 7) is 2.37. The monoisotopic (exact) mass is 352 g/mol. The molecular formula is C19H20N4O3. The van der Waals surface area contributed by atoms with Gasteiger partial charge in [-0.3, -0.25) is 0 Å². The maximum atomic E-state index is 11.5. The summed E-state index contributed by atoms with van der Waals surface area (Å²) in [6, 6.07) is 11.2. The molecule has 1 N–H and O–H groups in total. The number of nitrogens with one attached hydrogen (secondary N) is 1. The molecule has 0 aliphatic carbocycles. The Morgan fingerprint density at radius 1 is 1.15 bits per heavy atom. The molecule has 7 heteroatoms. The predicted molar refractivity (Wildman–Crippen MR) is 98.4 cm³/mol. The van der Waals surface area contributed by atoms with Crippen LogP contribution in [0.4, 0.5) is 11.6 Å². The Morgan fingerprint density at radius 3 is 2.62 bits per heavy atom. The fraction of sp³-hybridized carbons (Fsp3) is 0.316. The molecule has 0 unspecified atom stereocenters. The van der Waals surface area contributed by atoms with Crippen LogP contribution in [0.2, 0.25) is 0 Å². The third-order valence-corrected chi connectivity index (χ3v) is 4.44. The van der Waals surface area contributed by atoms with Crippen molar-refractivity contribution in [1.29, 1.82) is 0 Å². The number of carbonyl (C=O) groups is 1. The molecule has 0 radical (unpaired) electrons. The fourth-order valence-electron chi connectivity index (χ4n) is 3.11. The van der Waals surface area contributed by atoms with Gasteiger partial charge in [0.2, 0.25) is 5.76 Å². The molecule has 0 bridgehead atoms. The van der Waals surface area contributed by atoms with E-state index in [4.69, 9.17) is 14.4 Å². The van der Waals surface area contributed by atoms with Crippen molar-refractivity contribution in [3.8, 4) is 0 Å². The van der Waals surface area contributed by atoms with Gasteiger partial charge in [0.15, 0.2) is 11.6 Å². The average Bonchev–Trinajstić information content (AvgIpc) is 3.37. The third kappa shape index (κ3) is 3.20. The van der Waals surface area contributed by atoms with Gasteiger partial charge in [-0.05, 0) is 37.1 Å². The van der Waals surface area contributed by atoms with Crippen LogP contribution >= 0.6 is 0 Å². The molecule has 2 aromatic heterocycles. The van der Waals surface area contributed by atoms with Crippen LogP contribution in [-0.2, 0) is 11.3 Å². The van der Waals surface area contributed by atoms with Gasteiger partial charge < -0.3 is 19.4 Å². The Balaban J connectivity index is 1.60. The van der Waals surface area contributed by atoms with Gasteiger partial charge in [0.05, 0.1) is 24.7 Å². The number of furan rings is 1. The molecule has 1 aliphatic rings. The summed E-state index contributed by atoms with van der Waals surface area (Å²) in [6.07, 6.45) is 2.32. The predicted octanol–water partition coefficient (Wildman–Crippen LogP) is 3.22. The first kappa shape index (κ1) is 16.4. The summed E-state index contributed by atoms with van der Waals surface area (Å²) in [4.78, 5) is 23.3. The van der Waals surface area contributed by atoms with Crippen molar-refractivity contribution in [1.82, 2.24) is 9.97 Å². The standard InChI is InChI=1S/C19H20N4O3/c1-25-19(24)16-9-8-13(26-16)12-20-17-18(23-10-4-5-11-23)22-15-7-3-2-6-14(15)21-17/h2-3,6-9H,4-5,10-12H2,1H3,(H,20,21). The second kappa shape index (κ2) is 7.03. The Kier molecular flexibility index (Phi) is 4.43. The molecule has 1 aromatic carbocycles. The Hall–Kier alpha value is -3.09. The number of ether oxygens (including phenoxy) is 1. The fourth-order valence-corrected chi connectivity index (χ4v) is 3.11. The molecule has 0 spiro atoms. The van der Waals surface area contributed by atoms with Crippen LogP contribution in [0.25, 0.3) is 11.0 Å². The molecule has 4 rings (SSSR count). The molecule has 3 aromatic rings. The average molecular weight is 352 g/mol. The second-order valence-corrected chi connectivity index (χ2v) is 6.19. The second-order valence-electron chi connectivity index (χ2n) is 6.19. The number of esters is 1. The number of benzene rings is 1. The number of rotatable bonds is 5. The molecule has 1 saturated heterocycles. The van der Waals surface area contributed by atoms with Crippen molar-refractivity contribution in [2.75, 3.05) is 30.4 Å². The minimum Gasteiger partial charge on any atom is -0.463 e. The summed E-state index contributed by atoms with van der Waals surface area (Å²) in [5.41, 5.74) is 1.72. The highest BCUT2D eigenvalue weighted by molar-refractivity contribution is 5.86. The zero-order valence-electron chi connectivity index (χ0n) is 14.6. The van der Waals surface area contributed by atoms with Gasteiger partial charge in [0, 0.05) is 13.1 Å². The SMILES string of the molecule is COC(=O)c1ccc(CNc2nc3ccccc3nc2N2CCCC2)o1. The number of aromatic nitrogens is 2. The van der Waals surface area contributed by atoms with Crippen LogP contribution in [0.3, 0.4) is 0 Å². The van der Waals surface area contributed by atoms with Gasteiger partial charge in [-0.1, -0.05) is 12.1 Å². The number of fused-ring (bicyclic) bond motifs is 1. The minimum absolute atomic E-state index is 0.189. The van der Waals surface area contributed by atoms with Gasteiger partial charge in [-0.25, -0.2) is 14.8 Å². The number of nitrogens with zero attached hydrogens (tertiary/aromatic N) is 3. The van der Waals surface area contributed by atoms with Crippen LogP contribution < -0.4 is 10.2 Å². The van der Waals surface area contributed by atoms with Crippen molar-refractivity contribution in [2.24, 2.45) is 0 Å². The van der Waals surface area contributed by atoms with E-state index in [1.165, 1.54) is 7.11 Å². The molecule has 7 nitrogen and oxygen atoms in total. The van der Waals surface area contributed by atoms with Crippen molar-refractivity contribution < 1.29 is 13.9 Å². The van der Waals surface area contributed by atoms with Gasteiger partial charge in [0.25, 0.3) is 0 Å². The molecule has 1 fully saturated rings. The van der Waals surface area contributed by atoms with Crippen LogP contribution in [0.1, 0.15) is 29.2 Å². The van der Waals surface area contributed by atoms with E-state index in [-0.39, 0.29) is 5.76 Å². The molecule has 0 saturated carbocycles. The maximum Gasteiger partial charge on any atom is 0.373 e. The lowest BCUT2D eigenvalue weighted by atomic mass is 10.3. The van der Waals surface area contributed by atoms with Gasteiger partial charge >= 0.3 is 5.97 Å². The Bertz CT molecular complexity index is 931. The summed E-state index contributed by atoms with van der Waals surface area (Å²) in [7, 11) is 1.33. The smallest absolute Gasteiger partial charge is 0.373 e. The highest BCUT2D eigenvalue weighted by Crippen LogP contribution is 2.28. The van der Waals surface area contributed by atoms with E-state index < -0.39 is 5.97 Å². The number of hydrogen-bond donors (Lipinski definition) is 1. The summed E-state index contributed by atoms with van der Waals surface area (Å²) >= 11 is 0. The number of para-hydroxylation sites is 2. The third-order valence-electron chi connectivity index (χ3n) is 4.44. The largest absolute Gasteiger partial charge is 0.463 e. The Labute approximate surface area is 151 Å². The number of carbonyl (C=O) groups excluding carboxylic acids is 1. The lowest BCUT2D eigenvalue weighted by Crippen LogP contribution is -2.21. The minimum atomic E-state index is -0.487. The van der Waals surface area contributed by atoms with E-state index in [0.29, 0.717) is 12.3 Å². The van der Waals surface area contributed by atoms with Crippen molar-refractivity contribution in [3.63, 3.8) is 0 Å². The Morgan fingerprint density at radius 2 is 1.88 bits per heavy atom. The van der Waals surface area contributed by atoms with Crippen molar-refractivity contribution in [3.05, 3.63) is 47.9 Å². The van der Waals surface area contributed by atoms with E-state index in [0.717, 1.165) is 48.6 Å². The highest BCUT2D eigenvalue weighted by atomic mass is 16.5. The summed E-state index contributed by atoms with van der Waals surface area (Å²) < 4.78 is 10.2. The maximum absolute atomic E-state index is 11.5. The quantitative estimate of drug-likeness (QED) is 0.706. The highest BCUT2D eigenvalue weighted by Gasteiger charge is 2.20. The van der Waals surface area contributed by atoms with Gasteiger partial charge in [0.1, 0.15) is 5.76 Å². The lowest BCUT2D eigenvalue weighted by Gasteiger charge is -2.20. The molecule has 0 atom stereocenters. The molecule has 0 amide bonds. The van der Waals surface area contributed by atoms with Crippen molar-refractivity contribution in [2.45, 2.75) is 19.4 Å². The zero-order chi connectivity index (χ0) is 17.9. The first-order chi connectivity index (χ1) is 12.7. The lowest BCUT2D eigenvalue weighted by molar-refractivity contribution is 0.0563. The number of methoxy groups -OCH3 is 1. The molecular weight excluding hydrogens is 332 g/mol. The van der Waals surface area contributed by atoms with E-state index in [1.807, 2.05) is 24.3 Å². The van der Waals surface area contributed by atoms with E-state index in [2.05, 4.69) is 15.0 Å². The first-order valence-corrected chi connectivity index (χ1v) is 8.67. The van der Waals surface area contributed by atoms with Crippen LogP contribution in [0, 0.1) is 0 Å². The van der Waals surface area contributed by atoms with E-state index in [1.54, 1.807) is 12.1 Å². The molecule has 1 aliphatic heterocycles. The molecule has 26 heavy (non-hydrogen) atoms. The van der Waals surface area contributed by atoms with E-state index >= 15 is 0 Å². The molecule has 3 heterocycles. The summed E-state index contributed by atoms with van der Waals surface area (Å²) in [5.74, 6) is 1.92. The van der Waals surface area contributed by atoms with Crippen LogP contribution in [-0.4, -0.2) is 36.1 Å². The summed E-state index contributed by atoms with van der Waals surface area (Å²) in [5, 5.41) is 3.31. The number of anilines is 2.